The van der Waals surface area contributed by atoms with E-state index in [4.69, 9.17) is 9.05 Å². The Morgan fingerprint density at radius 1 is 0.700 bits per heavy atom. The zero-order chi connectivity index (χ0) is 22.5. The maximum atomic E-state index is 10.1. The summed E-state index contributed by atoms with van der Waals surface area (Å²) < 4.78 is 11.1. The van der Waals surface area contributed by atoms with E-state index in [0.29, 0.717) is 13.2 Å². The van der Waals surface area contributed by atoms with Gasteiger partial charge in [0.25, 0.3) is 0 Å². The summed E-state index contributed by atoms with van der Waals surface area (Å²) in [7, 11) is -1.84. The lowest BCUT2D eigenvalue weighted by atomic mass is 9.85. The second-order valence-corrected chi connectivity index (χ2v) is 11.2. The lowest BCUT2D eigenvalue weighted by molar-refractivity contribution is 0.203. The summed E-state index contributed by atoms with van der Waals surface area (Å²) in [6.07, 6.45) is 1.54. The molecule has 166 valence electrons. The Bertz CT molecular complexity index is 762. The van der Waals surface area contributed by atoms with Gasteiger partial charge in [-0.1, -0.05) is 77.9 Å². The van der Waals surface area contributed by atoms with Crippen molar-refractivity contribution in [2.75, 3.05) is 13.2 Å². The first-order chi connectivity index (χ1) is 13.9. The van der Waals surface area contributed by atoms with Crippen LogP contribution in [0, 0.1) is 13.8 Å². The molecule has 0 spiro atoms. The summed E-state index contributed by atoms with van der Waals surface area (Å²) in [5.41, 5.74) is 8.01. The van der Waals surface area contributed by atoms with Crippen molar-refractivity contribution in [3.8, 4) is 0 Å². The van der Waals surface area contributed by atoms with Crippen LogP contribution in [0.4, 0.5) is 0 Å². The standard InChI is InChI=1S/C26H39O3P/c1-19-17-23(25(3,4)5)11-9-21(19)13-15-28-30(27)29-16-14-22-10-12-24(18-20(22)2)26(6,7)8/h9-12,17-18,27H,13-16H2,1-8H3. The highest BCUT2D eigenvalue weighted by molar-refractivity contribution is 7.40. The highest BCUT2D eigenvalue weighted by atomic mass is 31.2. The van der Waals surface area contributed by atoms with Crippen LogP contribution >= 0.6 is 8.60 Å². The Morgan fingerprint density at radius 3 is 1.37 bits per heavy atom. The maximum absolute atomic E-state index is 10.1. The summed E-state index contributed by atoms with van der Waals surface area (Å²) in [4.78, 5) is 10.1. The van der Waals surface area contributed by atoms with Gasteiger partial charge in [0, 0.05) is 0 Å². The maximum Gasteiger partial charge on any atom is 0.329 e. The van der Waals surface area contributed by atoms with Crippen LogP contribution in [-0.2, 0) is 32.7 Å². The van der Waals surface area contributed by atoms with Crippen LogP contribution in [0.15, 0.2) is 36.4 Å². The average Bonchev–Trinajstić information content (AvgIpc) is 2.62. The second-order valence-electron chi connectivity index (χ2n) is 10.2. The molecule has 4 heteroatoms. The first-order valence-corrected chi connectivity index (χ1v) is 12.0. The molecule has 0 heterocycles. The van der Waals surface area contributed by atoms with Gasteiger partial charge in [0.2, 0.25) is 0 Å². The minimum Gasteiger partial charge on any atom is -0.328 e. The van der Waals surface area contributed by atoms with Crippen LogP contribution in [0.3, 0.4) is 0 Å². The van der Waals surface area contributed by atoms with E-state index in [2.05, 4.69) is 91.8 Å². The summed E-state index contributed by atoms with van der Waals surface area (Å²) in [6, 6.07) is 13.2. The summed E-state index contributed by atoms with van der Waals surface area (Å²) in [5, 5.41) is 0. The second kappa shape index (κ2) is 10.4. The molecule has 0 atom stereocenters. The predicted molar refractivity (Wildman–Crippen MR) is 128 cm³/mol. The Hall–Kier alpha value is -1.25. The largest absolute Gasteiger partial charge is 0.329 e. The molecule has 0 aromatic heterocycles. The third-order valence-corrected chi connectivity index (χ3v) is 6.37. The molecule has 0 bridgehead atoms. The number of hydrogen-bond acceptors (Lipinski definition) is 3. The molecule has 0 fully saturated rings. The van der Waals surface area contributed by atoms with Crippen LogP contribution in [0.5, 0.6) is 0 Å². The SMILES string of the molecule is Cc1cc(C(C)(C)C)ccc1CCOP(O)OCCc1ccc(C(C)(C)C)cc1C. The van der Waals surface area contributed by atoms with Crippen LogP contribution in [0.25, 0.3) is 0 Å². The van der Waals surface area contributed by atoms with Gasteiger partial charge in [0.15, 0.2) is 0 Å². The van der Waals surface area contributed by atoms with Gasteiger partial charge in [-0.2, -0.15) is 0 Å². The molecule has 0 amide bonds. The Balaban J connectivity index is 1.76. The van der Waals surface area contributed by atoms with Gasteiger partial charge in [0.05, 0.1) is 13.2 Å². The van der Waals surface area contributed by atoms with Crippen molar-refractivity contribution in [1.82, 2.24) is 0 Å². The molecule has 0 aliphatic rings. The molecule has 0 aliphatic heterocycles. The lowest BCUT2D eigenvalue weighted by Gasteiger charge is -2.21. The zero-order valence-electron chi connectivity index (χ0n) is 20.0. The molecule has 0 saturated carbocycles. The molecular formula is C26H39O3P. The highest BCUT2D eigenvalue weighted by Gasteiger charge is 2.16. The Morgan fingerprint density at radius 2 is 1.07 bits per heavy atom. The molecule has 3 nitrogen and oxygen atoms in total. The molecule has 0 unspecified atom stereocenters. The molecule has 0 saturated heterocycles. The molecular weight excluding hydrogens is 391 g/mol. The molecule has 0 aliphatic carbocycles. The topological polar surface area (TPSA) is 38.7 Å². The predicted octanol–water partition coefficient (Wildman–Crippen LogP) is 6.94. The van der Waals surface area contributed by atoms with Crippen molar-refractivity contribution in [1.29, 1.82) is 0 Å². The molecule has 30 heavy (non-hydrogen) atoms. The third-order valence-electron chi connectivity index (χ3n) is 5.56. The fourth-order valence-electron chi connectivity index (χ4n) is 3.39. The molecule has 2 rings (SSSR count). The van der Waals surface area contributed by atoms with Crippen molar-refractivity contribution in [2.24, 2.45) is 0 Å². The smallest absolute Gasteiger partial charge is 0.328 e. The molecule has 2 aromatic rings. The number of aryl methyl sites for hydroxylation is 2. The van der Waals surface area contributed by atoms with Crippen molar-refractivity contribution >= 4 is 8.60 Å². The first-order valence-electron chi connectivity index (χ1n) is 10.8. The van der Waals surface area contributed by atoms with Gasteiger partial charge in [-0.3, -0.25) is 0 Å². The minimum absolute atomic E-state index is 0.151. The van der Waals surface area contributed by atoms with Gasteiger partial charge in [-0.05, 0) is 70.9 Å². The van der Waals surface area contributed by atoms with Gasteiger partial charge in [-0.15, -0.1) is 0 Å². The normalized spacial score (nSPS) is 12.6. The Labute approximate surface area is 184 Å². The summed E-state index contributed by atoms with van der Waals surface area (Å²) >= 11 is 0. The fourth-order valence-corrected chi connectivity index (χ4v) is 3.96. The van der Waals surface area contributed by atoms with Crippen molar-refractivity contribution in [3.63, 3.8) is 0 Å². The van der Waals surface area contributed by atoms with E-state index in [1.165, 1.54) is 33.4 Å². The summed E-state index contributed by atoms with van der Waals surface area (Å²) in [5.74, 6) is 0. The Kier molecular flexibility index (Phi) is 8.65. The average molecular weight is 431 g/mol. The third kappa shape index (κ3) is 7.46. The zero-order valence-corrected chi connectivity index (χ0v) is 20.9. The van der Waals surface area contributed by atoms with Crippen LogP contribution in [0.1, 0.15) is 74.9 Å². The van der Waals surface area contributed by atoms with Crippen LogP contribution < -0.4 is 0 Å². The van der Waals surface area contributed by atoms with Gasteiger partial charge in [-0.25, -0.2) is 0 Å². The molecule has 1 N–H and O–H groups in total. The first kappa shape index (κ1) is 25.0. The monoisotopic (exact) mass is 430 g/mol. The fraction of sp³-hybridized carbons (Fsp3) is 0.538. The number of hydrogen-bond donors (Lipinski definition) is 1. The van der Waals surface area contributed by atoms with Crippen molar-refractivity contribution in [2.45, 2.75) is 79.1 Å². The number of benzene rings is 2. The highest BCUT2D eigenvalue weighted by Crippen LogP contribution is 2.33. The van der Waals surface area contributed by atoms with Crippen LogP contribution in [-0.4, -0.2) is 18.1 Å². The van der Waals surface area contributed by atoms with Gasteiger partial charge >= 0.3 is 8.60 Å². The van der Waals surface area contributed by atoms with E-state index in [1.807, 2.05) is 0 Å². The van der Waals surface area contributed by atoms with Gasteiger partial charge in [0.1, 0.15) is 0 Å². The summed E-state index contributed by atoms with van der Waals surface area (Å²) in [6.45, 7) is 18.5. The van der Waals surface area contributed by atoms with E-state index < -0.39 is 8.60 Å². The minimum atomic E-state index is -1.84. The van der Waals surface area contributed by atoms with E-state index in [0.717, 1.165) is 12.8 Å². The lowest BCUT2D eigenvalue weighted by Crippen LogP contribution is -2.12. The van der Waals surface area contributed by atoms with Crippen molar-refractivity contribution in [3.05, 3.63) is 69.8 Å². The van der Waals surface area contributed by atoms with Crippen molar-refractivity contribution < 1.29 is 13.9 Å². The van der Waals surface area contributed by atoms with Gasteiger partial charge < -0.3 is 13.9 Å². The molecule has 2 aromatic carbocycles. The number of rotatable bonds is 8. The van der Waals surface area contributed by atoms with Crippen LogP contribution in [0.2, 0.25) is 0 Å². The molecule has 0 radical (unpaired) electrons. The van der Waals surface area contributed by atoms with E-state index in [-0.39, 0.29) is 10.8 Å². The van der Waals surface area contributed by atoms with E-state index in [1.54, 1.807) is 0 Å². The van der Waals surface area contributed by atoms with E-state index in [9.17, 15) is 4.89 Å². The van der Waals surface area contributed by atoms with E-state index >= 15 is 0 Å². The quantitative estimate of drug-likeness (QED) is 0.461.